The van der Waals surface area contributed by atoms with Gasteiger partial charge >= 0.3 is 12.1 Å². The Morgan fingerprint density at radius 1 is 0.962 bits per heavy atom. The molecule has 1 atom stereocenters. The van der Waals surface area contributed by atoms with Crippen LogP contribution < -0.4 is 5.32 Å². The lowest BCUT2D eigenvalue weighted by Crippen LogP contribution is -2.51. The van der Waals surface area contributed by atoms with Gasteiger partial charge in [0.15, 0.2) is 0 Å². The molecule has 26 heavy (non-hydrogen) atoms. The number of alkyl carbamates (subject to hydrolysis) is 1. The summed E-state index contributed by atoms with van der Waals surface area (Å²) in [5.41, 5.74) is 0.744. The molecule has 0 aromatic heterocycles. The van der Waals surface area contributed by atoms with Crippen LogP contribution in [0.15, 0.2) is 60.7 Å². The SMILES string of the molecule is CC(COCc1ccccc1)(CC(=O)O)NC(=O)OCc1ccccc1. The Balaban J connectivity index is 1.87. The van der Waals surface area contributed by atoms with E-state index in [4.69, 9.17) is 14.6 Å². The predicted octanol–water partition coefficient (Wildman–Crippen LogP) is 3.36. The second-order valence-corrected chi connectivity index (χ2v) is 6.30. The molecule has 2 N–H and O–H groups in total. The van der Waals surface area contributed by atoms with E-state index in [1.807, 2.05) is 60.7 Å². The number of aliphatic carboxylic acids is 1. The minimum absolute atomic E-state index is 0.0502. The average molecular weight is 357 g/mol. The number of carboxylic acids is 1. The molecule has 0 heterocycles. The maximum atomic E-state index is 12.1. The van der Waals surface area contributed by atoms with E-state index >= 15 is 0 Å². The van der Waals surface area contributed by atoms with Gasteiger partial charge in [-0.3, -0.25) is 4.79 Å². The number of carboxylic acid groups (broad SMARTS) is 1. The fraction of sp³-hybridized carbons (Fsp3) is 0.300. The molecule has 0 spiro atoms. The summed E-state index contributed by atoms with van der Waals surface area (Å²) in [6.07, 6.45) is -0.955. The largest absolute Gasteiger partial charge is 0.481 e. The number of hydrogen-bond donors (Lipinski definition) is 2. The highest BCUT2D eigenvalue weighted by atomic mass is 16.5. The zero-order valence-electron chi connectivity index (χ0n) is 14.7. The molecule has 6 heteroatoms. The second kappa shape index (κ2) is 9.58. The number of benzene rings is 2. The predicted molar refractivity (Wildman–Crippen MR) is 96.5 cm³/mol. The monoisotopic (exact) mass is 357 g/mol. The molecule has 0 saturated heterocycles. The summed E-state index contributed by atoms with van der Waals surface area (Å²) < 4.78 is 10.8. The van der Waals surface area contributed by atoms with Crippen molar-refractivity contribution in [3.63, 3.8) is 0 Å². The number of nitrogens with one attached hydrogen (secondary N) is 1. The first-order valence-electron chi connectivity index (χ1n) is 8.29. The van der Waals surface area contributed by atoms with Crippen LogP contribution in [0.25, 0.3) is 0 Å². The van der Waals surface area contributed by atoms with Gasteiger partial charge in [0.2, 0.25) is 0 Å². The second-order valence-electron chi connectivity index (χ2n) is 6.30. The molecule has 1 unspecified atom stereocenters. The van der Waals surface area contributed by atoms with Gasteiger partial charge < -0.3 is 19.9 Å². The lowest BCUT2D eigenvalue weighted by molar-refractivity contribution is -0.139. The van der Waals surface area contributed by atoms with Gasteiger partial charge in [-0.2, -0.15) is 0 Å². The van der Waals surface area contributed by atoms with Crippen molar-refractivity contribution < 1.29 is 24.2 Å². The highest BCUT2D eigenvalue weighted by Crippen LogP contribution is 2.13. The Kier molecular flexibility index (Phi) is 7.17. The van der Waals surface area contributed by atoms with Crippen LogP contribution in [0.5, 0.6) is 0 Å². The summed E-state index contributed by atoms with van der Waals surface area (Å²) in [6, 6.07) is 18.8. The minimum Gasteiger partial charge on any atom is -0.481 e. The number of carbonyl (C=O) groups excluding carboxylic acids is 1. The molecule has 2 rings (SSSR count). The third kappa shape index (κ3) is 6.94. The molecule has 0 aliphatic heterocycles. The Hall–Kier alpha value is -2.86. The van der Waals surface area contributed by atoms with Crippen LogP contribution in [0.1, 0.15) is 24.5 Å². The summed E-state index contributed by atoms with van der Waals surface area (Å²) in [7, 11) is 0. The summed E-state index contributed by atoms with van der Waals surface area (Å²) in [5, 5.41) is 11.8. The van der Waals surface area contributed by atoms with Crippen LogP contribution in [-0.4, -0.2) is 29.3 Å². The van der Waals surface area contributed by atoms with Gasteiger partial charge in [0.05, 0.1) is 25.2 Å². The summed E-state index contributed by atoms with van der Waals surface area (Å²) in [6.45, 7) is 2.11. The van der Waals surface area contributed by atoms with Crippen molar-refractivity contribution in [2.45, 2.75) is 32.1 Å². The van der Waals surface area contributed by atoms with Gasteiger partial charge in [-0.15, -0.1) is 0 Å². The first-order chi connectivity index (χ1) is 12.5. The van der Waals surface area contributed by atoms with Crippen LogP contribution in [0.3, 0.4) is 0 Å². The fourth-order valence-electron chi connectivity index (χ4n) is 2.44. The molecule has 2 aromatic rings. The van der Waals surface area contributed by atoms with Gasteiger partial charge in [-0.1, -0.05) is 60.7 Å². The van der Waals surface area contributed by atoms with Crippen LogP contribution in [-0.2, 0) is 27.5 Å². The molecule has 138 valence electrons. The Morgan fingerprint density at radius 2 is 1.50 bits per heavy atom. The molecule has 0 aliphatic carbocycles. The zero-order valence-corrected chi connectivity index (χ0v) is 14.7. The van der Waals surface area contributed by atoms with Crippen molar-refractivity contribution >= 4 is 12.1 Å². The van der Waals surface area contributed by atoms with Gasteiger partial charge in [0, 0.05) is 0 Å². The Morgan fingerprint density at radius 3 is 2.04 bits per heavy atom. The Labute approximate surface area is 152 Å². The van der Waals surface area contributed by atoms with E-state index in [0.717, 1.165) is 11.1 Å². The van der Waals surface area contributed by atoms with Crippen molar-refractivity contribution in [2.75, 3.05) is 6.61 Å². The van der Waals surface area contributed by atoms with Crippen molar-refractivity contribution in [1.82, 2.24) is 5.32 Å². The summed E-state index contributed by atoms with van der Waals surface area (Å²) in [4.78, 5) is 23.2. The van der Waals surface area contributed by atoms with Crippen LogP contribution in [0.4, 0.5) is 4.79 Å². The van der Waals surface area contributed by atoms with Crippen molar-refractivity contribution in [1.29, 1.82) is 0 Å². The molecule has 1 amide bonds. The van der Waals surface area contributed by atoms with E-state index in [2.05, 4.69) is 5.32 Å². The minimum atomic E-state index is -1.08. The molecular weight excluding hydrogens is 334 g/mol. The van der Waals surface area contributed by atoms with Crippen molar-refractivity contribution in [2.24, 2.45) is 0 Å². The quantitative estimate of drug-likeness (QED) is 0.719. The van der Waals surface area contributed by atoms with Crippen LogP contribution in [0.2, 0.25) is 0 Å². The van der Waals surface area contributed by atoms with Gasteiger partial charge in [-0.05, 0) is 18.1 Å². The average Bonchev–Trinajstić information content (AvgIpc) is 2.61. The smallest absolute Gasteiger partial charge is 0.407 e. The molecule has 0 bridgehead atoms. The van der Waals surface area contributed by atoms with E-state index in [-0.39, 0.29) is 19.6 Å². The molecule has 0 fully saturated rings. The highest BCUT2D eigenvalue weighted by molar-refractivity contribution is 5.72. The molecular formula is C20H23NO5. The third-order valence-corrected chi connectivity index (χ3v) is 3.69. The van der Waals surface area contributed by atoms with E-state index in [1.54, 1.807) is 6.92 Å². The molecule has 0 saturated carbocycles. The van der Waals surface area contributed by atoms with E-state index in [1.165, 1.54) is 0 Å². The number of ether oxygens (including phenoxy) is 2. The van der Waals surface area contributed by atoms with E-state index in [9.17, 15) is 9.59 Å². The fourth-order valence-corrected chi connectivity index (χ4v) is 2.44. The van der Waals surface area contributed by atoms with Crippen molar-refractivity contribution in [3.05, 3.63) is 71.8 Å². The standard InChI is InChI=1S/C20H23NO5/c1-20(12-18(22)23,15-25-13-16-8-4-2-5-9-16)21-19(24)26-14-17-10-6-3-7-11-17/h2-11H,12-15H2,1H3,(H,21,24)(H,22,23). The lowest BCUT2D eigenvalue weighted by atomic mass is 9.99. The lowest BCUT2D eigenvalue weighted by Gasteiger charge is -2.28. The van der Waals surface area contributed by atoms with Crippen LogP contribution >= 0.6 is 0 Å². The first-order valence-corrected chi connectivity index (χ1v) is 8.29. The van der Waals surface area contributed by atoms with E-state index < -0.39 is 17.6 Å². The zero-order chi connectivity index (χ0) is 18.8. The normalized spacial score (nSPS) is 12.8. The topological polar surface area (TPSA) is 84.9 Å². The summed E-state index contributed by atoms with van der Waals surface area (Å²) in [5.74, 6) is -1.03. The molecule has 0 aliphatic rings. The summed E-state index contributed by atoms with van der Waals surface area (Å²) >= 11 is 0. The number of carbonyl (C=O) groups is 2. The van der Waals surface area contributed by atoms with E-state index in [0.29, 0.717) is 6.61 Å². The van der Waals surface area contributed by atoms with Gasteiger partial charge in [0.25, 0.3) is 0 Å². The third-order valence-electron chi connectivity index (χ3n) is 3.69. The highest BCUT2D eigenvalue weighted by Gasteiger charge is 2.30. The number of hydrogen-bond acceptors (Lipinski definition) is 4. The first kappa shape index (κ1) is 19.5. The Bertz CT molecular complexity index is 705. The maximum Gasteiger partial charge on any atom is 0.407 e. The van der Waals surface area contributed by atoms with Crippen LogP contribution in [0, 0.1) is 0 Å². The van der Waals surface area contributed by atoms with Crippen molar-refractivity contribution in [3.8, 4) is 0 Å². The van der Waals surface area contributed by atoms with Gasteiger partial charge in [-0.25, -0.2) is 4.79 Å². The molecule has 2 aromatic carbocycles. The van der Waals surface area contributed by atoms with Gasteiger partial charge in [0.1, 0.15) is 6.61 Å². The number of rotatable bonds is 9. The number of amides is 1. The maximum absolute atomic E-state index is 12.1. The molecule has 0 radical (unpaired) electrons. The molecule has 6 nitrogen and oxygen atoms in total.